The first-order valence-electron chi connectivity index (χ1n) is 17.7. The SMILES string of the molecule is CCC(C)[C@H](NC(=O)[C@H]1CCCN1C)C(=O)N(C)C(C[C@@H](OC(C)=O)c1nc(C(=O)N[C@@H](Cc2ccc(F)cc2)C[C@H](C)C(=O)O)cs1)C(C)C. The largest absolute Gasteiger partial charge is 0.481 e. The number of carbonyl (C=O) groups is 5. The zero-order valence-electron chi connectivity index (χ0n) is 31.0. The summed E-state index contributed by atoms with van der Waals surface area (Å²) in [4.78, 5) is 72.9. The number of likely N-dealkylation sites (N-methyl/N-ethyl adjacent to an activating group) is 2. The molecule has 2 aromatic rings. The topological polar surface area (TPSA) is 158 Å². The monoisotopic (exact) mass is 731 g/mol. The number of likely N-dealkylation sites (tertiary alicyclic amines) is 1. The van der Waals surface area contributed by atoms with Gasteiger partial charge in [-0.25, -0.2) is 9.37 Å². The molecule has 1 fully saturated rings. The first kappa shape index (κ1) is 41.5. The van der Waals surface area contributed by atoms with Gasteiger partial charge in [-0.1, -0.05) is 53.2 Å². The van der Waals surface area contributed by atoms with E-state index in [2.05, 4.69) is 15.6 Å². The summed E-state index contributed by atoms with van der Waals surface area (Å²) in [5.74, 6) is -3.83. The van der Waals surface area contributed by atoms with Gasteiger partial charge in [-0.15, -0.1) is 11.3 Å². The second kappa shape index (κ2) is 19.1. The van der Waals surface area contributed by atoms with Gasteiger partial charge in [0, 0.05) is 37.9 Å². The van der Waals surface area contributed by atoms with Crippen LogP contribution in [0.25, 0.3) is 0 Å². The van der Waals surface area contributed by atoms with Gasteiger partial charge in [-0.2, -0.15) is 0 Å². The molecule has 0 aliphatic carbocycles. The van der Waals surface area contributed by atoms with Crippen molar-refractivity contribution in [2.24, 2.45) is 17.8 Å². The van der Waals surface area contributed by atoms with E-state index in [4.69, 9.17) is 4.74 Å². The molecule has 3 amide bonds. The Bertz CT molecular complexity index is 1500. The van der Waals surface area contributed by atoms with E-state index in [1.165, 1.54) is 19.1 Å². The molecule has 0 spiro atoms. The van der Waals surface area contributed by atoms with Gasteiger partial charge in [0.25, 0.3) is 5.91 Å². The number of benzene rings is 1. The lowest BCUT2D eigenvalue weighted by atomic mass is 9.93. The van der Waals surface area contributed by atoms with Crippen molar-refractivity contribution in [1.82, 2.24) is 25.4 Å². The molecule has 0 radical (unpaired) electrons. The average molecular weight is 732 g/mol. The molecule has 51 heavy (non-hydrogen) atoms. The summed E-state index contributed by atoms with van der Waals surface area (Å²) in [5.41, 5.74) is 0.800. The van der Waals surface area contributed by atoms with E-state index < -0.39 is 53.8 Å². The van der Waals surface area contributed by atoms with Crippen LogP contribution in [-0.2, 0) is 30.3 Å². The lowest BCUT2D eigenvalue weighted by Crippen LogP contribution is -2.56. The lowest BCUT2D eigenvalue weighted by molar-refractivity contribution is -0.149. The molecule has 3 N–H and O–H groups in total. The molecule has 14 heteroatoms. The highest BCUT2D eigenvalue weighted by atomic mass is 32.1. The van der Waals surface area contributed by atoms with Crippen LogP contribution in [0.3, 0.4) is 0 Å². The minimum atomic E-state index is -1.00. The van der Waals surface area contributed by atoms with Gasteiger partial charge >= 0.3 is 11.9 Å². The number of ether oxygens (including phenoxy) is 1. The molecule has 12 nitrogen and oxygen atoms in total. The number of nitrogens with zero attached hydrogens (tertiary/aromatic N) is 3. The maximum atomic E-state index is 14.1. The Labute approximate surface area is 304 Å². The summed E-state index contributed by atoms with van der Waals surface area (Å²) in [6.45, 7) is 11.5. The van der Waals surface area contributed by atoms with Crippen LogP contribution >= 0.6 is 11.3 Å². The van der Waals surface area contributed by atoms with Crippen LogP contribution in [0.2, 0.25) is 0 Å². The summed E-state index contributed by atoms with van der Waals surface area (Å²) >= 11 is 1.14. The molecule has 3 rings (SSSR count). The molecular weight excluding hydrogens is 678 g/mol. The molecule has 0 bridgehead atoms. The summed E-state index contributed by atoms with van der Waals surface area (Å²) in [7, 11) is 3.61. The van der Waals surface area contributed by atoms with Crippen LogP contribution in [0, 0.1) is 23.6 Å². The number of hydrogen-bond donors (Lipinski definition) is 3. The number of halogens is 1. The van der Waals surface area contributed by atoms with Crippen molar-refractivity contribution in [2.75, 3.05) is 20.6 Å². The molecule has 1 aromatic heterocycles. The number of aromatic nitrogens is 1. The van der Waals surface area contributed by atoms with Crippen LogP contribution in [0.15, 0.2) is 29.6 Å². The first-order chi connectivity index (χ1) is 24.0. The fraction of sp³-hybridized carbons (Fsp3) is 0.622. The Morgan fingerprint density at radius 1 is 1.10 bits per heavy atom. The van der Waals surface area contributed by atoms with Crippen LogP contribution in [0.4, 0.5) is 4.39 Å². The highest BCUT2D eigenvalue weighted by molar-refractivity contribution is 7.09. The number of carboxylic acids is 1. The van der Waals surface area contributed by atoms with Crippen LogP contribution in [0.1, 0.15) is 101 Å². The normalized spacial score (nSPS) is 18.3. The summed E-state index contributed by atoms with van der Waals surface area (Å²) in [6.07, 6.45) is 2.08. The number of esters is 1. The van der Waals surface area contributed by atoms with Gasteiger partial charge in [0.05, 0.1) is 12.0 Å². The molecule has 282 valence electrons. The Balaban J connectivity index is 1.81. The van der Waals surface area contributed by atoms with E-state index in [1.54, 1.807) is 36.4 Å². The van der Waals surface area contributed by atoms with Gasteiger partial charge in [0.15, 0.2) is 6.10 Å². The van der Waals surface area contributed by atoms with Gasteiger partial charge < -0.3 is 25.4 Å². The van der Waals surface area contributed by atoms with Gasteiger partial charge in [0.2, 0.25) is 11.8 Å². The minimum Gasteiger partial charge on any atom is -0.481 e. The molecule has 1 aromatic carbocycles. The average Bonchev–Trinajstić information content (AvgIpc) is 3.75. The molecule has 1 aliphatic heterocycles. The van der Waals surface area contributed by atoms with E-state index in [9.17, 15) is 33.5 Å². The third-order valence-electron chi connectivity index (χ3n) is 9.80. The van der Waals surface area contributed by atoms with Gasteiger partial charge in [0.1, 0.15) is 22.6 Å². The molecule has 1 aliphatic rings. The lowest BCUT2D eigenvalue weighted by Gasteiger charge is -2.37. The molecule has 7 atom stereocenters. The summed E-state index contributed by atoms with van der Waals surface area (Å²) in [6, 6.07) is 3.77. The predicted molar refractivity (Wildman–Crippen MR) is 192 cm³/mol. The number of carbonyl (C=O) groups excluding carboxylic acids is 4. The molecular formula is C37H54FN5O7S. The molecule has 1 saturated heterocycles. The number of thiazole rings is 1. The van der Waals surface area contributed by atoms with E-state index in [0.717, 1.165) is 36.3 Å². The number of hydrogen-bond acceptors (Lipinski definition) is 9. The Hall–Kier alpha value is -3.91. The number of carboxylic acid groups (broad SMARTS) is 1. The maximum Gasteiger partial charge on any atom is 0.306 e. The smallest absolute Gasteiger partial charge is 0.306 e. The van der Waals surface area contributed by atoms with Crippen molar-refractivity contribution in [1.29, 1.82) is 0 Å². The fourth-order valence-electron chi connectivity index (χ4n) is 6.48. The van der Waals surface area contributed by atoms with Crippen molar-refractivity contribution in [3.63, 3.8) is 0 Å². The van der Waals surface area contributed by atoms with Gasteiger partial charge in [-0.05, 0) is 68.8 Å². The number of rotatable bonds is 18. The second-order valence-electron chi connectivity index (χ2n) is 14.2. The highest BCUT2D eigenvalue weighted by Gasteiger charge is 2.37. The van der Waals surface area contributed by atoms with E-state index >= 15 is 0 Å². The second-order valence-corrected chi connectivity index (χ2v) is 15.0. The quantitative estimate of drug-likeness (QED) is 0.183. The molecule has 2 unspecified atom stereocenters. The molecule has 2 heterocycles. The number of nitrogens with one attached hydrogen (secondary N) is 2. The predicted octanol–water partition coefficient (Wildman–Crippen LogP) is 4.84. The van der Waals surface area contributed by atoms with Gasteiger partial charge in [-0.3, -0.25) is 28.9 Å². The van der Waals surface area contributed by atoms with Crippen molar-refractivity contribution in [3.05, 3.63) is 51.7 Å². The Kier molecular flexibility index (Phi) is 15.5. The highest BCUT2D eigenvalue weighted by Crippen LogP contribution is 2.31. The molecule has 0 saturated carbocycles. The van der Waals surface area contributed by atoms with Crippen LogP contribution < -0.4 is 10.6 Å². The Morgan fingerprint density at radius 3 is 2.31 bits per heavy atom. The summed E-state index contributed by atoms with van der Waals surface area (Å²) in [5, 5.41) is 17.3. The van der Waals surface area contributed by atoms with Crippen molar-refractivity contribution >= 4 is 41.0 Å². The number of aliphatic carboxylic acids is 1. The first-order valence-corrected chi connectivity index (χ1v) is 18.6. The fourth-order valence-corrected chi connectivity index (χ4v) is 7.32. The Morgan fingerprint density at radius 2 is 1.76 bits per heavy atom. The van der Waals surface area contributed by atoms with Crippen molar-refractivity contribution in [3.8, 4) is 0 Å². The van der Waals surface area contributed by atoms with Crippen molar-refractivity contribution < 1.29 is 38.2 Å². The summed E-state index contributed by atoms with van der Waals surface area (Å²) < 4.78 is 19.2. The van der Waals surface area contributed by atoms with Crippen LogP contribution in [0.5, 0.6) is 0 Å². The zero-order chi connectivity index (χ0) is 38.0. The standard InChI is InChI=1S/C37H54FN5O7S/c1-9-22(4)32(41-34(46)29-11-10-16-42(29)7)36(47)43(8)30(21(2)3)19-31(50-24(6)44)35-40-28(20-51-35)33(45)39-27(17-23(5)37(48)49)18-25-12-14-26(38)15-13-25/h12-15,20-23,27,29-32H,9-11,16-19H2,1-8H3,(H,39,45)(H,41,46)(H,48,49)/t22?,23-,27+,29+,30?,31+,32-/m0/s1. The van der Waals surface area contributed by atoms with Crippen molar-refractivity contribution in [2.45, 2.75) is 110 Å². The third kappa shape index (κ3) is 11.8. The van der Waals surface area contributed by atoms with Crippen LogP contribution in [-0.4, -0.2) is 94.4 Å². The number of amides is 3. The van der Waals surface area contributed by atoms with E-state index in [0.29, 0.717) is 11.4 Å². The van der Waals surface area contributed by atoms with E-state index in [1.807, 2.05) is 39.6 Å². The van der Waals surface area contributed by atoms with E-state index in [-0.39, 0.29) is 54.6 Å². The third-order valence-corrected chi connectivity index (χ3v) is 10.7. The zero-order valence-corrected chi connectivity index (χ0v) is 31.8. The maximum absolute atomic E-state index is 14.1. The minimum absolute atomic E-state index is 0.0705.